The molecule has 0 saturated carbocycles. The fourth-order valence-corrected chi connectivity index (χ4v) is 2.39. The number of ether oxygens (including phenoxy) is 2. The number of hydrogen-bond donors (Lipinski definition) is 1. The van der Waals surface area contributed by atoms with Crippen LogP contribution in [0.3, 0.4) is 0 Å². The number of nitrogens with one attached hydrogen (secondary N) is 1. The summed E-state index contributed by atoms with van der Waals surface area (Å²) in [6.07, 6.45) is 0.231. The Bertz CT molecular complexity index is 512. The predicted octanol–water partition coefficient (Wildman–Crippen LogP) is 1.47. The standard InChI is InChI=1S/C14H17NO4/c1-8(11-7-13(16)15-14(11)17)10-5-4-9(18-2)6-12(10)19-3/h4-6,8,11H,7H2,1-3H3,(H,15,16,17). The highest BCUT2D eigenvalue weighted by atomic mass is 16.5. The Hall–Kier alpha value is -2.04. The van der Waals surface area contributed by atoms with E-state index >= 15 is 0 Å². The number of carbonyl (C=O) groups excluding carboxylic acids is 2. The summed E-state index contributed by atoms with van der Waals surface area (Å²) in [5.41, 5.74) is 0.901. The summed E-state index contributed by atoms with van der Waals surface area (Å²) in [5.74, 6) is 0.505. The average Bonchev–Trinajstić information content (AvgIpc) is 2.76. The lowest BCUT2D eigenvalue weighted by Crippen LogP contribution is -2.24. The van der Waals surface area contributed by atoms with Gasteiger partial charge in [0.05, 0.1) is 20.1 Å². The highest BCUT2D eigenvalue weighted by Gasteiger charge is 2.36. The summed E-state index contributed by atoms with van der Waals surface area (Å²) in [7, 11) is 3.16. The van der Waals surface area contributed by atoms with E-state index in [4.69, 9.17) is 9.47 Å². The zero-order valence-corrected chi connectivity index (χ0v) is 11.2. The Morgan fingerprint density at radius 2 is 2.00 bits per heavy atom. The van der Waals surface area contributed by atoms with Gasteiger partial charge in [-0.3, -0.25) is 14.9 Å². The molecule has 1 aromatic rings. The first-order chi connectivity index (χ1) is 9.06. The third-order valence-corrected chi connectivity index (χ3v) is 3.54. The van der Waals surface area contributed by atoms with Crippen LogP contribution in [0.1, 0.15) is 24.8 Å². The second-order valence-electron chi connectivity index (χ2n) is 4.62. The van der Waals surface area contributed by atoms with Crippen molar-refractivity contribution in [2.24, 2.45) is 5.92 Å². The van der Waals surface area contributed by atoms with Crippen molar-refractivity contribution in [3.05, 3.63) is 23.8 Å². The Morgan fingerprint density at radius 1 is 1.26 bits per heavy atom. The van der Waals surface area contributed by atoms with Crippen LogP contribution in [0.25, 0.3) is 0 Å². The zero-order valence-electron chi connectivity index (χ0n) is 11.2. The number of methoxy groups -OCH3 is 2. The normalized spacial score (nSPS) is 20.1. The van der Waals surface area contributed by atoms with Crippen molar-refractivity contribution in [2.45, 2.75) is 19.3 Å². The number of amides is 2. The SMILES string of the molecule is COc1ccc(C(C)C2CC(=O)NC2=O)c(OC)c1. The molecule has 1 aliphatic heterocycles. The highest BCUT2D eigenvalue weighted by Crippen LogP contribution is 2.36. The van der Waals surface area contributed by atoms with Crippen LogP contribution in [-0.4, -0.2) is 26.0 Å². The minimum atomic E-state index is -0.338. The van der Waals surface area contributed by atoms with Crippen LogP contribution in [0, 0.1) is 5.92 Å². The Morgan fingerprint density at radius 3 is 2.53 bits per heavy atom. The second kappa shape index (κ2) is 5.30. The van der Waals surface area contributed by atoms with Crippen LogP contribution in [0.4, 0.5) is 0 Å². The maximum Gasteiger partial charge on any atom is 0.230 e. The van der Waals surface area contributed by atoms with Gasteiger partial charge in [0.25, 0.3) is 0 Å². The van der Waals surface area contributed by atoms with E-state index in [-0.39, 0.29) is 30.1 Å². The van der Waals surface area contributed by atoms with Crippen molar-refractivity contribution in [1.82, 2.24) is 5.32 Å². The topological polar surface area (TPSA) is 64.6 Å². The first-order valence-electron chi connectivity index (χ1n) is 6.12. The second-order valence-corrected chi connectivity index (χ2v) is 4.62. The van der Waals surface area contributed by atoms with E-state index in [1.807, 2.05) is 19.1 Å². The highest BCUT2D eigenvalue weighted by molar-refractivity contribution is 6.03. The molecule has 0 radical (unpaired) electrons. The van der Waals surface area contributed by atoms with Crippen LogP contribution in [0.15, 0.2) is 18.2 Å². The first kappa shape index (κ1) is 13.4. The predicted molar refractivity (Wildman–Crippen MR) is 69.2 cm³/mol. The smallest absolute Gasteiger partial charge is 0.230 e. The monoisotopic (exact) mass is 263 g/mol. The van der Waals surface area contributed by atoms with E-state index in [1.165, 1.54) is 0 Å². The number of benzene rings is 1. The van der Waals surface area contributed by atoms with Gasteiger partial charge in [0.2, 0.25) is 11.8 Å². The van der Waals surface area contributed by atoms with Crippen molar-refractivity contribution in [1.29, 1.82) is 0 Å². The van der Waals surface area contributed by atoms with Crippen LogP contribution in [0.5, 0.6) is 11.5 Å². The summed E-state index contributed by atoms with van der Waals surface area (Å²) < 4.78 is 10.5. The molecule has 1 saturated heterocycles. The quantitative estimate of drug-likeness (QED) is 0.835. The molecule has 2 amide bonds. The molecule has 2 rings (SSSR count). The molecule has 1 N–H and O–H groups in total. The number of carbonyl (C=O) groups is 2. The number of rotatable bonds is 4. The van der Waals surface area contributed by atoms with Gasteiger partial charge in [0, 0.05) is 12.5 Å². The molecule has 0 aromatic heterocycles. The summed E-state index contributed by atoms with van der Waals surface area (Å²) in [5, 5.41) is 2.33. The Balaban J connectivity index is 2.30. The molecule has 1 fully saturated rings. The fraction of sp³-hybridized carbons (Fsp3) is 0.429. The van der Waals surface area contributed by atoms with E-state index < -0.39 is 0 Å². The maximum absolute atomic E-state index is 11.7. The third kappa shape index (κ3) is 2.54. The van der Waals surface area contributed by atoms with Gasteiger partial charge in [-0.25, -0.2) is 0 Å². The first-order valence-corrected chi connectivity index (χ1v) is 6.12. The lowest BCUT2D eigenvalue weighted by atomic mass is 9.86. The van der Waals surface area contributed by atoms with E-state index in [1.54, 1.807) is 20.3 Å². The van der Waals surface area contributed by atoms with Crippen molar-refractivity contribution >= 4 is 11.8 Å². The molecule has 0 bridgehead atoms. The van der Waals surface area contributed by atoms with Gasteiger partial charge in [-0.05, 0) is 17.5 Å². The minimum absolute atomic E-state index is 0.0905. The van der Waals surface area contributed by atoms with Gasteiger partial charge in [-0.2, -0.15) is 0 Å². The van der Waals surface area contributed by atoms with Gasteiger partial charge in [0.15, 0.2) is 0 Å². The summed E-state index contributed by atoms with van der Waals surface area (Å²) in [6, 6.07) is 5.47. The van der Waals surface area contributed by atoms with Crippen molar-refractivity contribution in [3.8, 4) is 11.5 Å². The number of hydrogen-bond acceptors (Lipinski definition) is 4. The van der Waals surface area contributed by atoms with E-state index in [2.05, 4.69) is 5.32 Å². The molecule has 0 spiro atoms. The molecular weight excluding hydrogens is 246 g/mol. The van der Waals surface area contributed by atoms with Gasteiger partial charge in [0.1, 0.15) is 11.5 Å². The van der Waals surface area contributed by atoms with Crippen molar-refractivity contribution in [3.63, 3.8) is 0 Å². The zero-order chi connectivity index (χ0) is 14.0. The molecule has 102 valence electrons. The Kier molecular flexibility index (Phi) is 3.74. The van der Waals surface area contributed by atoms with E-state index in [0.29, 0.717) is 11.5 Å². The van der Waals surface area contributed by atoms with E-state index in [9.17, 15) is 9.59 Å². The lowest BCUT2D eigenvalue weighted by molar-refractivity contribution is -0.126. The summed E-state index contributed by atoms with van der Waals surface area (Å²) >= 11 is 0. The van der Waals surface area contributed by atoms with Crippen LogP contribution in [0.2, 0.25) is 0 Å². The average molecular weight is 263 g/mol. The summed E-state index contributed by atoms with van der Waals surface area (Å²) in [6.45, 7) is 1.92. The third-order valence-electron chi connectivity index (χ3n) is 3.54. The molecule has 5 heteroatoms. The van der Waals surface area contributed by atoms with Crippen molar-refractivity contribution in [2.75, 3.05) is 14.2 Å². The van der Waals surface area contributed by atoms with Gasteiger partial charge < -0.3 is 9.47 Å². The van der Waals surface area contributed by atoms with Gasteiger partial charge in [-0.1, -0.05) is 13.0 Å². The van der Waals surface area contributed by atoms with Crippen LogP contribution < -0.4 is 14.8 Å². The molecule has 19 heavy (non-hydrogen) atoms. The molecule has 2 unspecified atom stereocenters. The molecule has 0 aliphatic carbocycles. The molecule has 1 aromatic carbocycles. The largest absolute Gasteiger partial charge is 0.497 e. The maximum atomic E-state index is 11.7. The molecule has 2 atom stereocenters. The van der Waals surface area contributed by atoms with E-state index in [0.717, 1.165) is 5.56 Å². The lowest BCUT2D eigenvalue weighted by Gasteiger charge is -2.19. The van der Waals surface area contributed by atoms with Gasteiger partial charge in [-0.15, -0.1) is 0 Å². The molecule has 1 aliphatic rings. The van der Waals surface area contributed by atoms with Crippen molar-refractivity contribution < 1.29 is 19.1 Å². The Labute approximate surface area is 111 Å². The molecule has 1 heterocycles. The summed E-state index contributed by atoms with van der Waals surface area (Å²) in [4.78, 5) is 23.0. The number of imide groups is 1. The molecular formula is C14H17NO4. The molecule has 5 nitrogen and oxygen atoms in total. The van der Waals surface area contributed by atoms with Crippen LogP contribution in [-0.2, 0) is 9.59 Å². The van der Waals surface area contributed by atoms with Gasteiger partial charge >= 0.3 is 0 Å². The fourth-order valence-electron chi connectivity index (χ4n) is 2.39. The van der Waals surface area contributed by atoms with Crippen LogP contribution >= 0.6 is 0 Å². The minimum Gasteiger partial charge on any atom is -0.497 e.